The first-order valence-electron chi connectivity index (χ1n) is 3.89. The molecule has 2 unspecified atom stereocenters. The Bertz CT molecular complexity index is 228. The van der Waals surface area contributed by atoms with Gasteiger partial charge in [0.25, 0.3) is 0 Å². The van der Waals surface area contributed by atoms with Gasteiger partial charge in [0.1, 0.15) is 6.54 Å². The van der Waals surface area contributed by atoms with Crippen molar-refractivity contribution < 1.29 is 18.0 Å². The van der Waals surface area contributed by atoms with E-state index in [1.165, 1.54) is 0 Å². The van der Waals surface area contributed by atoms with Gasteiger partial charge in [-0.3, -0.25) is 4.79 Å². The summed E-state index contributed by atoms with van der Waals surface area (Å²) in [5.41, 5.74) is 4.42. The number of hydrogen-bond acceptors (Lipinski definition) is 2. The third kappa shape index (κ3) is 2.33. The maximum atomic E-state index is 11.7. The summed E-state index contributed by atoms with van der Waals surface area (Å²) in [5, 5.41) is 1.77. The van der Waals surface area contributed by atoms with Crippen LogP contribution in [-0.2, 0) is 4.79 Å². The number of rotatable bonds is 2. The molecule has 3 N–H and O–H groups in total. The second kappa shape index (κ2) is 2.87. The first kappa shape index (κ1) is 10.3. The van der Waals surface area contributed by atoms with E-state index in [0.29, 0.717) is 6.42 Å². The lowest BCUT2D eigenvalue weighted by atomic mass is 10.2. The van der Waals surface area contributed by atoms with E-state index in [2.05, 4.69) is 0 Å². The van der Waals surface area contributed by atoms with Gasteiger partial charge < -0.3 is 11.1 Å². The quantitative estimate of drug-likeness (QED) is 0.671. The molecule has 76 valence electrons. The molecule has 0 spiro atoms. The van der Waals surface area contributed by atoms with Crippen molar-refractivity contribution in [2.24, 2.45) is 11.7 Å². The SMILES string of the molecule is CC1CC1(N)C(=O)NCC(F)(F)F. The number of carbonyl (C=O) groups excluding carboxylic acids is 1. The average molecular weight is 196 g/mol. The summed E-state index contributed by atoms with van der Waals surface area (Å²) in [7, 11) is 0. The second-order valence-corrected chi connectivity index (χ2v) is 3.44. The highest BCUT2D eigenvalue weighted by atomic mass is 19.4. The zero-order chi connectivity index (χ0) is 10.3. The van der Waals surface area contributed by atoms with Crippen LogP contribution in [0.25, 0.3) is 0 Å². The van der Waals surface area contributed by atoms with Crippen LogP contribution >= 0.6 is 0 Å². The molecule has 3 nitrogen and oxygen atoms in total. The van der Waals surface area contributed by atoms with Gasteiger partial charge in [-0.15, -0.1) is 0 Å². The highest BCUT2D eigenvalue weighted by Crippen LogP contribution is 2.40. The predicted molar refractivity (Wildman–Crippen MR) is 39.8 cm³/mol. The number of nitrogens with one attached hydrogen (secondary N) is 1. The normalized spacial score (nSPS) is 32.8. The van der Waals surface area contributed by atoms with Gasteiger partial charge in [-0.2, -0.15) is 13.2 Å². The average Bonchev–Trinajstić information content (AvgIpc) is 2.55. The van der Waals surface area contributed by atoms with E-state index in [0.717, 1.165) is 0 Å². The van der Waals surface area contributed by atoms with Crippen molar-refractivity contribution in [1.29, 1.82) is 0 Å². The van der Waals surface area contributed by atoms with E-state index in [4.69, 9.17) is 5.73 Å². The molecule has 1 fully saturated rings. The smallest absolute Gasteiger partial charge is 0.345 e. The van der Waals surface area contributed by atoms with Crippen LogP contribution in [0.15, 0.2) is 0 Å². The van der Waals surface area contributed by atoms with Crippen molar-refractivity contribution in [2.75, 3.05) is 6.54 Å². The fourth-order valence-corrected chi connectivity index (χ4v) is 1.11. The van der Waals surface area contributed by atoms with Crippen LogP contribution in [0, 0.1) is 5.92 Å². The maximum absolute atomic E-state index is 11.7. The van der Waals surface area contributed by atoms with Crippen LogP contribution in [-0.4, -0.2) is 24.2 Å². The standard InChI is InChI=1S/C7H11F3N2O/c1-4-2-6(4,11)5(13)12-3-7(8,9)10/h4H,2-3,11H2,1H3,(H,12,13). The van der Waals surface area contributed by atoms with E-state index in [1.54, 1.807) is 12.2 Å². The maximum Gasteiger partial charge on any atom is 0.405 e. The molecule has 0 saturated heterocycles. The Hall–Kier alpha value is -0.780. The van der Waals surface area contributed by atoms with Gasteiger partial charge in [-0.1, -0.05) is 6.92 Å². The number of halogens is 3. The Morgan fingerprint density at radius 2 is 2.15 bits per heavy atom. The van der Waals surface area contributed by atoms with Gasteiger partial charge in [0.2, 0.25) is 5.91 Å². The summed E-state index contributed by atoms with van der Waals surface area (Å²) in [5.74, 6) is -0.738. The number of carbonyl (C=O) groups is 1. The Kier molecular flexibility index (Phi) is 2.27. The van der Waals surface area contributed by atoms with Gasteiger partial charge in [0.05, 0.1) is 5.54 Å². The molecule has 0 aliphatic heterocycles. The van der Waals surface area contributed by atoms with Crippen LogP contribution in [0.1, 0.15) is 13.3 Å². The predicted octanol–water partition coefficient (Wildman–Crippen LogP) is 0.402. The van der Waals surface area contributed by atoms with Crippen LogP contribution in [0.4, 0.5) is 13.2 Å². The van der Waals surface area contributed by atoms with E-state index >= 15 is 0 Å². The van der Waals surface area contributed by atoms with Gasteiger partial charge in [0.15, 0.2) is 0 Å². The number of hydrogen-bond donors (Lipinski definition) is 2. The lowest BCUT2D eigenvalue weighted by Gasteiger charge is -2.12. The Morgan fingerprint density at radius 3 is 2.46 bits per heavy atom. The van der Waals surface area contributed by atoms with Gasteiger partial charge in [0, 0.05) is 0 Å². The van der Waals surface area contributed by atoms with Gasteiger partial charge in [-0.25, -0.2) is 0 Å². The van der Waals surface area contributed by atoms with Crippen molar-refractivity contribution in [1.82, 2.24) is 5.32 Å². The van der Waals surface area contributed by atoms with Crippen LogP contribution in [0.3, 0.4) is 0 Å². The molecule has 1 aliphatic carbocycles. The molecule has 0 heterocycles. The van der Waals surface area contributed by atoms with Crippen molar-refractivity contribution in [3.05, 3.63) is 0 Å². The molecule has 1 saturated carbocycles. The van der Waals surface area contributed by atoms with E-state index in [1.807, 2.05) is 0 Å². The van der Waals surface area contributed by atoms with E-state index in [9.17, 15) is 18.0 Å². The molecule has 13 heavy (non-hydrogen) atoms. The molecule has 1 rings (SSSR count). The molecule has 0 radical (unpaired) electrons. The minimum atomic E-state index is -4.37. The third-order valence-electron chi connectivity index (χ3n) is 2.24. The first-order chi connectivity index (χ1) is 5.76. The minimum absolute atomic E-state index is 0.0271. The summed E-state index contributed by atoms with van der Waals surface area (Å²) in [6.07, 6.45) is -3.92. The molecule has 6 heteroatoms. The topological polar surface area (TPSA) is 55.1 Å². The van der Waals surface area contributed by atoms with E-state index < -0.39 is 24.2 Å². The molecule has 2 atom stereocenters. The molecular weight excluding hydrogens is 185 g/mol. The third-order valence-corrected chi connectivity index (χ3v) is 2.24. The summed E-state index contributed by atoms with van der Waals surface area (Å²) in [4.78, 5) is 11.0. The highest BCUT2D eigenvalue weighted by Gasteiger charge is 2.54. The molecule has 0 aromatic heterocycles. The van der Waals surface area contributed by atoms with Crippen molar-refractivity contribution in [3.8, 4) is 0 Å². The van der Waals surface area contributed by atoms with Gasteiger partial charge in [-0.05, 0) is 12.3 Å². The Morgan fingerprint density at radius 1 is 1.69 bits per heavy atom. The minimum Gasteiger partial charge on any atom is -0.345 e. The lowest BCUT2D eigenvalue weighted by molar-refractivity contribution is -0.139. The van der Waals surface area contributed by atoms with Crippen molar-refractivity contribution in [2.45, 2.75) is 25.1 Å². The van der Waals surface area contributed by atoms with Crippen molar-refractivity contribution in [3.63, 3.8) is 0 Å². The molecule has 0 aromatic carbocycles. The van der Waals surface area contributed by atoms with Crippen LogP contribution in [0.5, 0.6) is 0 Å². The summed E-state index contributed by atoms with van der Waals surface area (Å²) in [6.45, 7) is 0.421. The molecule has 0 bridgehead atoms. The number of amides is 1. The molecule has 0 aromatic rings. The van der Waals surface area contributed by atoms with E-state index in [-0.39, 0.29) is 5.92 Å². The molecular formula is C7H11F3N2O. The summed E-state index contributed by atoms with van der Waals surface area (Å²) >= 11 is 0. The number of nitrogens with two attached hydrogens (primary N) is 1. The zero-order valence-corrected chi connectivity index (χ0v) is 7.11. The first-order valence-corrected chi connectivity index (χ1v) is 3.89. The zero-order valence-electron chi connectivity index (χ0n) is 7.11. The Balaban J connectivity index is 2.36. The van der Waals surface area contributed by atoms with Crippen LogP contribution in [0.2, 0.25) is 0 Å². The van der Waals surface area contributed by atoms with Crippen LogP contribution < -0.4 is 11.1 Å². The highest BCUT2D eigenvalue weighted by molar-refractivity contribution is 5.89. The fourth-order valence-electron chi connectivity index (χ4n) is 1.11. The molecule has 1 aliphatic rings. The summed E-state index contributed by atoms with van der Waals surface area (Å²) < 4.78 is 35.0. The van der Waals surface area contributed by atoms with Gasteiger partial charge >= 0.3 is 6.18 Å². The monoisotopic (exact) mass is 196 g/mol. The lowest BCUT2D eigenvalue weighted by Crippen LogP contribution is -2.47. The Labute approximate surface area is 73.5 Å². The summed E-state index contributed by atoms with van der Waals surface area (Å²) in [6, 6.07) is 0. The largest absolute Gasteiger partial charge is 0.405 e. The fraction of sp³-hybridized carbons (Fsp3) is 0.857. The van der Waals surface area contributed by atoms with Crippen molar-refractivity contribution >= 4 is 5.91 Å². The molecule has 1 amide bonds. The number of alkyl halides is 3. The second-order valence-electron chi connectivity index (χ2n) is 3.44.